The number of para-hydroxylation sites is 1. The number of nitrogens with zero attached hydrogens (tertiary/aromatic N) is 1. The first kappa shape index (κ1) is 10.9. The van der Waals surface area contributed by atoms with E-state index in [9.17, 15) is 0 Å². The maximum absolute atomic E-state index is 4.35. The number of nitrogens with one attached hydrogen (secondary N) is 2. The third kappa shape index (κ3) is 1.86. The Kier molecular flexibility index (Phi) is 2.44. The SMILES string of the molecule is c1ccc2c3c([nH]c2c1)CCC(Cc1ncc[nH]1)C3. The normalized spacial score (nSPS) is 18.6. The highest BCUT2D eigenvalue weighted by Crippen LogP contribution is 2.32. The van der Waals surface area contributed by atoms with E-state index in [2.05, 4.69) is 39.2 Å². The summed E-state index contributed by atoms with van der Waals surface area (Å²) in [6.07, 6.45) is 8.40. The lowest BCUT2D eigenvalue weighted by Gasteiger charge is -2.21. The summed E-state index contributed by atoms with van der Waals surface area (Å²) in [4.78, 5) is 11.1. The van der Waals surface area contributed by atoms with Crippen LogP contribution in [0, 0.1) is 5.92 Å². The van der Waals surface area contributed by atoms with Gasteiger partial charge in [0.25, 0.3) is 0 Å². The number of benzene rings is 1. The molecule has 0 saturated carbocycles. The van der Waals surface area contributed by atoms with Crippen molar-refractivity contribution in [2.75, 3.05) is 0 Å². The summed E-state index contributed by atoms with van der Waals surface area (Å²) in [6.45, 7) is 0. The molecule has 0 amide bonds. The molecule has 0 saturated heterocycles. The van der Waals surface area contributed by atoms with Gasteiger partial charge in [-0.25, -0.2) is 4.98 Å². The first-order valence-corrected chi connectivity index (χ1v) is 6.97. The Hall–Kier alpha value is -2.03. The van der Waals surface area contributed by atoms with Gasteiger partial charge in [-0.15, -0.1) is 0 Å². The average molecular weight is 251 g/mol. The molecule has 4 rings (SSSR count). The molecule has 1 aliphatic rings. The maximum atomic E-state index is 4.35. The number of fused-ring (bicyclic) bond motifs is 3. The van der Waals surface area contributed by atoms with E-state index in [1.54, 1.807) is 0 Å². The molecule has 3 nitrogen and oxygen atoms in total. The summed E-state index contributed by atoms with van der Waals surface area (Å²) >= 11 is 0. The van der Waals surface area contributed by atoms with E-state index < -0.39 is 0 Å². The molecule has 1 unspecified atom stereocenters. The molecule has 1 aromatic carbocycles. The van der Waals surface area contributed by atoms with E-state index in [4.69, 9.17) is 0 Å². The second-order valence-electron chi connectivity index (χ2n) is 5.48. The van der Waals surface area contributed by atoms with Crippen LogP contribution in [0.5, 0.6) is 0 Å². The molecule has 1 aliphatic carbocycles. The van der Waals surface area contributed by atoms with Gasteiger partial charge >= 0.3 is 0 Å². The first-order chi connectivity index (χ1) is 9.40. The highest BCUT2D eigenvalue weighted by molar-refractivity contribution is 5.84. The maximum Gasteiger partial charge on any atom is 0.106 e. The number of H-pyrrole nitrogens is 2. The predicted molar refractivity (Wildman–Crippen MR) is 76.1 cm³/mol. The molecular weight excluding hydrogens is 234 g/mol. The van der Waals surface area contributed by atoms with E-state index in [0.717, 1.165) is 18.7 Å². The van der Waals surface area contributed by atoms with Gasteiger partial charge in [-0.3, -0.25) is 0 Å². The fourth-order valence-corrected chi connectivity index (χ4v) is 3.30. The summed E-state index contributed by atoms with van der Waals surface area (Å²) in [5, 5.41) is 1.40. The van der Waals surface area contributed by atoms with Gasteiger partial charge in [-0.2, -0.15) is 0 Å². The molecule has 3 heteroatoms. The van der Waals surface area contributed by atoms with Crippen LogP contribution < -0.4 is 0 Å². The fourth-order valence-electron chi connectivity index (χ4n) is 3.30. The van der Waals surface area contributed by atoms with Crippen molar-refractivity contribution in [1.82, 2.24) is 15.0 Å². The molecule has 96 valence electrons. The van der Waals surface area contributed by atoms with Crippen LogP contribution in [-0.2, 0) is 19.3 Å². The molecular formula is C16H17N3. The zero-order valence-corrected chi connectivity index (χ0v) is 10.8. The summed E-state index contributed by atoms with van der Waals surface area (Å²) in [5.41, 5.74) is 4.25. The topological polar surface area (TPSA) is 44.5 Å². The minimum absolute atomic E-state index is 0.706. The van der Waals surface area contributed by atoms with Crippen molar-refractivity contribution >= 4 is 10.9 Å². The Labute approximate surface area is 112 Å². The fraction of sp³-hybridized carbons (Fsp3) is 0.312. The number of hydrogen-bond acceptors (Lipinski definition) is 1. The summed E-state index contributed by atoms with van der Waals surface area (Å²) in [7, 11) is 0. The lowest BCUT2D eigenvalue weighted by Crippen LogP contribution is -2.16. The van der Waals surface area contributed by atoms with Gasteiger partial charge in [0, 0.05) is 35.4 Å². The Morgan fingerprint density at radius 2 is 2.21 bits per heavy atom. The van der Waals surface area contributed by atoms with Crippen LogP contribution in [0.15, 0.2) is 36.7 Å². The van der Waals surface area contributed by atoms with Gasteiger partial charge < -0.3 is 9.97 Å². The van der Waals surface area contributed by atoms with Crippen molar-refractivity contribution in [2.45, 2.75) is 25.7 Å². The highest BCUT2D eigenvalue weighted by Gasteiger charge is 2.22. The third-order valence-corrected chi connectivity index (χ3v) is 4.23. The zero-order valence-electron chi connectivity index (χ0n) is 10.8. The number of imidazole rings is 1. The van der Waals surface area contributed by atoms with Gasteiger partial charge in [0.05, 0.1) is 0 Å². The van der Waals surface area contributed by atoms with Crippen molar-refractivity contribution in [3.05, 3.63) is 53.7 Å². The first-order valence-electron chi connectivity index (χ1n) is 6.97. The van der Waals surface area contributed by atoms with Crippen LogP contribution in [0.25, 0.3) is 10.9 Å². The average Bonchev–Trinajstić information content (AvgIpc) is 3.06. The van der Waals surface area contributed by atoms with Gasteiger partial charge in [0.15, 0.2) is 0 Å². The molecule has 0 fully saturated rings. The summed E-state index contributed by atoms with van der Waals surface area (Å²) < 4.78 is 0. The molecule has 0 radical (unpaired) electrons. The molecule has 19 heavy (non-hydrogen) atoms. The van der Waals surface area contributed by atoms with Gasteiger partial charge in [0.1, 0.15) is 5.82 Å². The Morgan fingerprint density at radius 3 is 3.11 bits per heavy atom. The number of rotatable bonds is 2. The van der Waals surface area contributed by atoms with Crippen LogP contribution in [0.4, 0.5) is 0 Å². The summed E-state index contributed by atoms with van der Waals surface area (Å²) in [5.74, 6) is 1.83. The summed E-state index contributed by atoms with van der Waals surface area (Å²) in [6, 6.07) is 8.65. The van der Waals surface area contributed by atoms with Crippen molar-refractivity contribution in [1.29, 1.82) is 0 Å². The van der Waals surface area contributed by atoms with Crippen LogP contribution in [0.2, 0.25) is 0 Å². The molecule has 0 spiro atoms. The second kappa shape index (κ2) is 4.26. The number of aromatic amines is 2. The van der Waals surface area contributed by atoms with Crippen LogP contribution in [0.3, 0.4) is 0 Å². The number of aryl methyl sites for hydroxylation is 1. The van der Waals surface area contributed by atoms with Crippen LogP contribution in [-0.4, -0.2) is 15.0 Å². The van der Waals surface area contributed by atoms with Gasteiger partial charge in [0.2, 0.25) is 0 Å². The minimum Gasteiger partial charge on any atom is -0.358 e. The Balaban J connectivity index is 1.65. The number of hydrogen-bond donors (Lipinski definition) is 2. The largest absolute Gasteiger partial charge is 0.358 e. The van der Waals surface area contributed by atoms with Crippen LogP contribution >= 0.6 is 0 Å². The molecule has 3 aromatic rings. The van der Waals surface area contributed by atoms with Crippen molar-refractivity contribution in [3.8, 4) is 0 Å². The van der Waals surface area contributed by atoms with E-state index in [1.807, 2.05) is 12.4 Å². The van der Waals surface area contributed by atoms with E-state index >= 15 is 0 Å². The molecule has 0 aliphatic heterocycles. The van der Waals surface area contributed by atoms with E-state index in [1.165, 1.54) is 35.0 Å². The van der Waals surface area contributed by atoms with Crippen molar-refractivity contribution in [3.63, 3.8) is 0 Å². The monoisotopic (exact) mass is 251 g/mol. The molecule has 1 atom stereocenters. The minimum atomic E-state index is 0.706. The molecule has 0 bridgehead atoms. The molecule has 2 N–H and O–H groups in total. The van der Waals surface area contributed by atoms with Crippen molar-refractivity contribution < 1.29 is 0 Å². The highest BCUT2D eigenvalue weighted by atomic mass is 14.9. The quantitative estimate of drug-likeness (QED) is 0.721. The second-order valence-corrected chi connectivity index (χ2v) is 5.48. The Morgan fingerprint density at radius 1 is 1.26 bits per heavy atom. The molecule has 2 aromatic heterocycles. The predicted octanol–water partition coefficient (Wildman–Crippen LogP) is 3.24. The molecule has 2 heterocycles. The van der Waals surface area contributed by atoms with Crippen molar-refractivity contribution in [2.24, 2.45) is 5.92 Å². The van der Waals surface area contributed by atoms with E-state index in [-0.39, 0.29) is 0 Å². The lowest BCUT2D eigenvalue weighted by molar-refractivity contribution is 0.447. The number of aromatic nitrogens is 3. The van der Waals surface area contributed by atoms with Gasteiger partial charge in [-0.1, -0.05) is 18.2 Å². The Bertz CT molecular complexity index is 694. The van der Waals surface area contributed by atoms with E-state index in [0.29, 0.717) is 5.92 Å². The third-order valence-electron chi connectivity index (χ3n) is 4.23. The smallest absolute Gasteiger partial charge is 0.106 e. The lowest BCUT2D eigenvalue weighted by atomic mass is 9.84. The standard InChI is InChI=1S/C16H17N3/c1-2-4-14-12(3-1)13-9-11(5-6-15(13)19-14)10-16-17-7-8-18-16/h1-4,7-8,11,19H,5-6,9-10H2,(H,17,18). The van der Waals surface area contributed by atoms with Crippen LogP contribution in [0.1, 0.15) is 23.5 Å². The van der Waals surface area contributed by atoms with Gasteiger partial charge in [-0.05, 0) is 36.8 Å². The zero-order chi connectivity index (χ0) is 12.7.